The van der Waals surface area contributed by atoms with Gasteiger partial charge >= 0.3 is 0 Å². The number of hydrogen-bond donors (Lipinski definition) is 1. The summed E-state index contributed by atoms with van der Waals surface area (Å²) in [6, 6.07) is 13.0. The van der Waals surface area contributed by atoms with Crippen LogP contribution in [0, 0.1) is 0 Å². The summed E-state index contributed by atoms with van der Waals surface area (Å²) in [5, 5.41) is 8.00. The van der Waals surface area contributed by atoms with E-state index in [2.05, 4.69) is 41.6 Å². The molecule has 6 heteroatoms. The van der Waals surface area contributed by atoms with Crippen molar-refractivity contribution in [2.24, 2.45) is 0 Å². The molecule has 140 valence electrons. The molecule has 1 amide bonds. The highest BCUT2D eigenvalue weighted by Crippen LogP contribution is 2.32. The molecule has 2 aliphatic heterocycles. The fourth-order valence-electron chi connectivity index (χ4n) is 4.14. The summed E-state index contributed by atoms with van der Waals surface area (Å²) in [5.74, 6) is 0.484. The van der Waals surface area contributed by atoms with Gasteiger partial charge in [0.25, 0.3) is 5.91 Å². The monoisotopic (exact) mass is 374 g/mol. The maximum absolute atomic E-state index is 13.0. The molecule has 2 saturated heterocycles. The Morgan fingerprint density at radius 2 is 2.04 bits per heavy atom. The lowest BCUT2D eigenvalue weighted by Crippen LogP contribution is -2.35. The second kappa shape index (κ2) is 8.23. The van der Waals surface area contributed by atoms with E-state index in [1.165, 1.54) is 5.56 Å². The Morgan fingerprint density at radius 3 is 2.77 bits per heavy atom. The molecule has 1 N–H and O–H groups in total. The van der Waals surface area contributed by atoms with E-state index >= 15 is 0 Å². The smallest absolute Gasteiger partial charge is 0.274 e. The van der Waals surface area contributed by atoms with Gasteiger partial charge in [0.05, 0.1) is 6.04 Å². The van der Waals surface area contributed by atoms with E-state index in [4.69, 9.17) is 0 Å². The molecular formula is C20H27ClN4O. The van der Waals surface area contributed by atoms with Crippen molar-refractivity contribution in [3.8, 4) is 0 Å². The van der Waals surface area contributed by atoms with Gasteiger partial charge in [-0.05, 0) is 44.4 Å². The van der Waals surface area contributed by atoms with E-state index in [-0.39, 0.29) is 24.4 Å². The summed E-state index contributed by atoms with van der Waals surface area (Å²) in [4.78, 5) is 15.0. The molecule has 0 aliphatic carbocycles. The third kappa shape index (κ3) is 3.79. The van der Waals surface area contributed by atoms with Crippen molar-refractivity contribution in [1.82, 2.24) is 20.0 Å². The highest BCUT2D eigenvalue weighted by Gasteiger charge is 2.34. The zero-order chi connectivity index (χ0) is 17.2. The lowest BCUT2D eigenvalue weighted by Gasteiger charge is -2.23. The first-order chi connectivity index (χ1) is 12.2. The third-order valence-corrected chi connectivity index (χ3v) is 5.58. The van der Waals surface area contributed by atoms with Gasteiger partial charge in [0.2, 0.25) is 0 Å². The molecule has 26 heavy (non-hydrogen) atoms. The Balaban J connectivity index is 0.00000196. The molecule has 2 aromatic rings. The van der Waals surface area contributed by atoms with E-state index in [0.717, 1.165) is 38.9 Å². The maximum atomic E-state index is 13.0. The zero-order valence-corrected chi connectivity index (χ0v) is 16.0. The van der Waals surface area contributed by atoms with Crippen LogP contribution in [-0.2, 0) is 0 Å². The van der Waals surface area contributed by atoms with Crippen LogP contribution in [0.25, 0.3) is 0 Å². The molecule has 3 atom stereocenters. The first kappa shape index (κ1) is 18.9. The van der Waals surface area contributed by atoms with Gasteiger partial charge in [0, 0.05) is 31.2 Å². The first-order valence-electron chi connectivity index (χ1n) is 9.34. The predicted octanol–water partition coefficient (Wildman–Crippen LogP) is 3.25. The average molecular weight is 375 g/mol. The number of nitrogens with zero attached hydrogens (tertiary/aromatic N) is 3. The summed E-state index contributed by atoms with van der Waals surface area (Å²) in [6.45, 7) is 4.94. The standard InChI is InChI=1S/C20H26N4O.ClH/c1-15-12-17(16-6-3-2-4-7-16)14-23(15)20(25)19-9-11-24(22-19)18-8-5-10-21-13-18;/h2-4,6-7,9,11,15,17-18,21H,5,8,10,12-14H2,1H3;1H. The molecule has 0 saturated carbocycles. The summed E-state index contributed by atoms with van der Waals surface area (Å²) < 4.78 is 1.97. The van der Waals surface area contributed by atoms with Gasteiger partial charge in [0.1, 0.15) is 5.69 Å². The third-order valence-electron chi connectivity index (χ3n) is 5.58. The highest BCUT2D eigenvalue weighted by molar-refractivity contribution is 5.92. The first-order valence-corrected chi connectivity index (χ1v) is 9.34. The van der Waals surface area contributed by atoms with Crippen LogP contribution < -0.4 is 5.32 Å². The Kier molecular flexibility index (Phi) is 5.99. The van der Waals surface area contributed by atoms with Crippen molar-refractivity contribution >= 4 is 18.3 Å². The molecule has 5 nitrogen and oxygen atoms in total. The van der Waals surface area contributed by atoms with Crippen LogP contribution in [0.1, 0.15) is 54.2 Å². The summed E-state index contributed by atoms with van der Waals surface area (Å²) in [7, 11) is 0. The van der Waals surface area contributed by atoms with E-state index in [1.807, 2.05) is 27.9 Å². The van der Waals surface area contributed by atoms with Crippen molar-refractivity contribution in [2.75, 3.05) is 19.6 Å². The lowest BCUT2D eigenvalue weighted by atomic mass is 9.97. The molecule has 0 bridgehead atoms. The van der Waals surface area contributed by atoms with Crippen LogP contribution >= 0.6 is 12.4 Å². The number of piperidine rings is 1. The second-order valence-electron chi connectivity index (χ2n) is 7.33. The number of aromatic nitrogens is 2. The number of carbonyl (C=O) groups excluding carboxylic acids is 1. The predicted molar refractivity (Wildman–Crippen MR) is 105 cm³/mol. The normalized spacial score (nSPS) is 25.7. The molecule has 0 spiro atoms. The molecule has 2 fully saturated rings. The van der Waals surface area contributed by atoms with Crippen molar-refractivity contribution < 1.29 is 4.79 Å². The Labute approximate surface area is 161 Å². The van der Waals surface area contributed by atoms with Crippen molar-refractivity contribution in [3.05, 3.63) is 53.9 Å². The Morgan fingerprint density at radius 1 is 1.23 bits per heavy atom. The van der Waals surface area contributed by atoms with Crippen molar-refractivity contribution in [2.45, 2.75) is 44.2 Å². The molecular weight excluding hydrogens is 348 g/mol. The number of carbonyl (C=O) groups is 1. The summed E-state index contributed by atoms with van der Waals surface area (Å²) in [5.41, 5.74) is 1.90. The molecule has 0 radical (unpaired) electrons. The number of nitrogens with one attached hydrogen (secondary N) is 1. The number of amides is 1. The van der Waals surface area contributed by atoms with Crippen LogP contribution in [-0.4, -0.2) is 46.3 Å². The molecule has 3 heterocycles. The molecule has 4 rings (SSSR count). The maximum Gasteiger partial charge on any atom is 0.274 e. The number of rotatable bonds is 3. The number of halogens is 1. The van der Waals surface area contributed by atoms with Crippen LogP contribution in [0.4, 0.5) is 0 Å². The lowest BCUT2D eigenvalue weighted by molar-refractivity contribution is 0.0738. The van der Waals surface area contributed by atoms with Gasteiger partial charge in [-0.2, -0.15) is 5.10 Å². The quantitative estimate of drug-likeness (QED) is 0.897. The number of hydrogen-bond acceptors (Lipinski definition) is 3. The van der Waals surface area contributed by atoms with Gasteiger partial charge in [-0.15, -0.1) is 12.4 Å². The van der Waals surface area contributed by atoms with E-state index in [0.29, 0.717) is 17.7 Å². The average Bonchev–Trinajstić information content (AvgIpc) is 3.30. The minimum absolute atomic E-state index is 0. The van der Waals surface area contributed by atoms with Crippen molar-refractivity contribution in [3.63, 3.8) is 0 Å². The Hall–Kier alpha value is -1.85. The van der Waals surface area contributed by atoms with Gasteiger partial charge in [-0.1, -0.05) is 30.3 Å². The minimum atomic E-state index is 0. The van der Waals surface area contributed by atoms with Gasteiger partial charge in [-0.3, -0.25) is 9.48 Å². The number of benzene rings is 1. The van der Waals surface area contributed by atoms with E-state index in [1.54, 1.807) is 0 Å². The Bertz CT molecular complexity index is 726. The summed E-state index contributed by atoms with van der Waals surface area (Å²) in [6.07, 6.45) is 5.26. The van der Waals surface area contributed by atoms with Gasteiger partial charge in [0.15, 0.2) is 0 Å². The van der Waals surface area contributed by atoms with Gasteiger partial charge < -0.3 is 10.2 Å². The van der Waals surface area contributed by atoms with Gasteiger partial charge in [-0.25, -0.2) is 0 Å². The number of likely N-dealkylation sites (tertiary alicyclic amines) is 1. The molecule has 1 aromatic heterocycles. The van der Waals surface area contributed by atoms with Crippen molar-refractivity contribution in [1.29, 1.82) is 0 Å². The van der Waals surface area contributed by atoms with Crippen LogP contribution in [0.2, 0.25) is 0 Å². The topological polar surface area (TPSA) is 50.2 Å². The molecule has 3 unspecified atom stereocenters. The summed E-state index contributed by atoms with van der Waals surface area (Å²) >= 11 is 0. The SMILES string of the molecule is CC1CC(c2ccccc2)CN1C(=O)c1ccn(C2CCCNC2)n1.Cl. The van der Waals surface area contributed by atoms with Crippen LogP contribution in [0.15, 0.2) is 42.6 Å². The minimum Gasteiger partial charge on any atom is -0.334 e. The van der Waals surface area contributed by atoms with E-state index in [9.17, 15) is 4.79 Å². The largest absolute Gasteiger partial charge is 0.334 e. The van der Waals surface area contributed by atoms with Crippen LogP contribution in [0.3, 0.4) is 0 Å². The zero-order valence-electron chi connectivity index (χ0n) is 15.2. The van der Waals surface area contributed by atoms with Crippen LogP contribution in [0.5, 0.6) is 0 Å². The second-order valence-corrected chi connectivity index (χ2v) is 7.33. The molecule has 2 aliphatic rings. The fourth-order valence-corrected chi connectivity index (χ4v) is 4.14. The fraction of sp³-hybridized carbons (Fsp3) is 0.500. The molecule has 1 aromatic carbocycles. The van der Waals surface area contributed by atoms with E-state index < -0.39 is 0 Å². The highest BCUT2D eigenvalue weighted by atomic mass is 35.5.